The molecule has 1 N–H and O–H groups in total. The molecule has 2 heterocycles. The molecule has 1 atom stereocenters. The van der Waals surface area contributed by atoms with Gasteiger partial charge >= 0.3 is 0 Å². The molecule has 0 amide bonds. The summed E-state index contributed by atoms with van der Waals surface area (Å²) < 4.78 is 13.6. The van der Waals surface area contributed by atoms with Gasteiger partial charge in [0, 0.05) is 48.7 Å². The molecule has 3 rings (SSSR count). The number of aromatic nitrogens is 1. The Kier molecular flexibility index (Phi) is 6.37. The van der Waals surface area contributed by atoms with Crippen LogP contribution in [0.25, 0.3) is 0 Å². The summed E-state index contributed by atoms with van der Waals surface area (Å²) in [6, 6.07) is 7.17. The fourth-order valence-corrected chi connectivity index (χ4v) is 3.90. The predicted molar refractivity (Wildman–Crippen MR) is 100 cm³/mol. The number of nitrogens with one attached hydrogen (secondary N) is 1. The van der Waals surface area contributed by atoms with Gasteiger partial charge in [0.2, 0.25) is 0 Å². The van der Waals surface area contributed by atoms with Gasteiger partial charge in [-0.15, -0.1) is 23.7 Å². The molecule has 1 saturated heterocycles. The first-order valence-corrected chi connectivity index (χ1v) is 8.90. The van der Waals surface area contributed by atoms with Gasteiger partial charge in [0.05, 0.1) is 5.01 Å². The molecule has 0 bridgehead atoms. The number of benzene rings is 1. The topological polar surface area (TPSA) is 28.2 Å². The smallest absolute Gasteiger partial charge is 0.123 e. The van der Waals surface area contributed by atoms with Crippen LogP contribution in [0.2, 0.25) is 0 Å². The van der Waals surface area contributed by atoms with Gasteiger partial charge in [-0.05, 0) is 17.7 Å². The van der Waals surface area contributed by atoms with E-state index < -0.39 is 0 Å². The minimum absolute atomic E-state index is 0. The van der Waals surface area contributed by atoms with Crippen molar-refractivity contribution in [2.45, 2.75) is 38.8 Å². The molecule has 1 aliphatic rings. The summed E-state index contributed by atoms with van der Waals surface area (Å²) in [6.07, 6.45) is 2.00. The van der Waals surface area contributed by atoms with Crippen LogP contribution >= 0.6 is 23.7 Å². The third kappa shape index (κ3) is 4.54. The maximum absolute atomic E-state index is 13.6. The van der Waals surface area contributed by atoms with E-state index in [-0.39, 0.29) is 29.7 Å². The molecule has 1 fully saturated rings. The molecular formula is C18H25ClFN3S. The lowest BCUT2D eigenvalue weighted by atomic mass is 9.98. The van der Waals surface area contributed by atoms with Crippen molar-refractivity contribution in [3.63, 3.8) is 0 Å². The highest BCUT2D eigenvalue weighted by Gasteiger charge is 2.25. The predicted octanol–water partition coefficient (Wildman–Crippen LogP) is 4.15. The fourth-order valence-electron chi connectivity index (χ4n) is 2.91. The second-order valence-corrected chi connectivity index (χ2v) is 8.24. The zero-order chi connectivity index (χ0) is 16.4. The number of halogens is 2. The van der Waals surface area contributed by atoms with Gasteiger partial charge in [0.15, 0.2) is 0 Å². The molecule has 0 saturated carbocycles. The minimum atomic E-state index is -0.166. The van der Waals surface area contributed by atoms with Crippen LogP contribution in [-0.4, -0.2) is 29.5 Å². The van der Waals surface area contributed by atoms with Gasteiger partial charge in [-0.25, -0.2) is 9.37 Å². The average molecular weight is 370 g/mol. The first-order valence-electron chi connectivity index (χ1n) is 8.09. The van der Waals surface area contributed by atoms with Crippen LogP contribution in [0.15, 0.2) is 30.5 Å². The Labute approximate surface area is 153 Å². The van der Waals surface area contributed by atoms with E-state index in [9.17, 15) is 4.39 Å². The van der Waals surface area contributed by atoms with E-state index in [1.54, 1.807) is 23.5 Å². The molecule has 2 aromatic rings. The van der Waals surface area contributed by atoms with Gasteiger partial charge in [-0.3, -0.25) is 4.90 Å². The second-order valence-electron chi connectivity index (χ2n) is 7.13. The Morgan fingerprint density at radius 3 is 2.83 bits per heavy atom. The molecule has 0 radical (unpaired) electrons. The number of hydrogen-bond acceptors (Lipinski definition) is 4. The highest BCUT2D eigenvalue weighted by molar-refractivity contribution is 7.11. The van der Waals surface area contributed by atoms with Crippen LogP contribution in [0.3, 0.4) is 0 Å². The van der Waals surface area contributed by atoms with Gasteiger partial charge in [0.25, 0.3) is 0 Å². The monoisotopic (exact) mass is 369 g/mol. The van der Waals surface area contributed by atoms with E-state index in [0.29, 0.717) is 0 Å². The van der Waals surface area contributed by atoms with Crippen LogP contribution in [0, 0.1) is 5.82 Å². The van der Waals surface area contributed by atoms with Crippen molar-refractivity contribution >= 4 is 23.7 Å². The number of nitrogens with zero attached hydrogens (tertiary/aromatic N) is 2. The van der Waals surface area contributed by atoms with E-state index in [2.05, 4.69) is 36.0 Å². The molecule has 24 heavy (non-hydrogen) atoms. The van der Waals surface area contributed by atoms with Crippen molar-refractivity contribution in [1.82, 2.24) is 15.2 Å². The van der Waals surface area contributed by atoms with E-state index in [1.807, 2.05) is 12.3 Å². The lowest BCUT2D eigenvalue weighted by Crippen LogP contribution is -2.45. The van der Waals surface area contributed by atoms with E-state index >= 15 is 0 Å². The lowest BCUT2D eigenvalue weighted by molar-refractivity contribution is 0.155. The third-order valence-electron chi connectivity index (χ3n) is 4.14. The van der Waals surface area contributed by atoms with Crippen molar-refractivity contribution in [3.05, 3.63) is 51.7 Å². The fraction of sp³-hybridized carbons (Fsp3) is 0.500. The largest absolute Gasteiger partial charge is 0.314 e. The van der Waals surface area contributed by atoms with Crippen LogP contribution in [0.5, 0.6) is 0 Å². The molecule has 1 aromatic heterocycles. The van der Waals surface area contributed by atoms with Crippen LogP contribution in [-0.2, 0) is 12.0 Å². The molecule has 0 spiro atoms. The quantitative estimate of drug-likeness (QED) is 0.880. The molecule has 1 unspecified atom stereocenters. The molecule has 132 valence electrons. The number of hydrogen-bond donors (Lipinski definition) is 1. The highest BCUT2D eigenvalue weighted by Crippen LogP contribution is 2.30. The van der Waals surface area contributed by atoms with Crippen molar-refractivity contribution < 1.29 is 4.39 Å². The maximum atomic E-state index is 13.6. The van der Waals surface area contributed by atoms with Crippen molar-refractivity contribution in [1.29, 1.82) is 0 Å². The zero-order valence-corrected chi connectivity index (χ0v) is 16.0. The number of thiazole rings is 1. The molecular weight excluding hydrogens is 345 g/mol. The standard InChI is InChI=1S/C18H24FN3S.ClH/c1-18(2,3)17-21-10-15(23-17)12-22-8-7-20-11-16(22)13-5-4-6-14(19)9-13;/h4-6,9-10,16,20H,7-8,11-12H2,1-3H3;1H. The van der Waals surface area contributed by atoms with E-state index in [0.717, 1.165) is 31.7 Å². The Hall–Kier alpha value is -1.01. The average Bonchev–Trinajstić information content (AvgIpc) is 2.96. The van der Waals surface area contributed by atoms with Crippen molar-refractivity contribution in [2.24, 2.45) is 0 Å². The van der Waals surface area contributed by atoms with E-state index in [1.165, 1.54) is 16.0 Å². The normalized spacial score (nSPS) is 19.1. The van der Waals surface area contributed by atoms with Crippen molar-refractivity contribution in [2.75, 3.05) is 19.6 Å². The summed E-state index contributed by atoms with van der Waals surface area (Å²) in [5.74, 6) is -0.166. The molecule has 1 aromatic carbocycles. The first kappa shape index (κ1) is 19.3. The van der Waals surface area contributed by atoms with Crippen molar-refractivity contribution in [3.8, 4) is 0 Å². The zero-order valence-electron chi connectivity index (χ0n) is 14.4. The Bertz CT molecular complexity index is 668. The highest BCUT2D eigenvalue weighted by atomic mass is 35.5. The maximum Gasteiger partial charge on any atom is 0.123 e. The van der Waals surface area contributed by atoms with Crippen LogP contribution < -0.4 is 5.32 Å². The second kappa shape index (κ2) is 7.91. The summed E-state index contributed by atoms with van der Waals surface area (Å²) >= 11 is 1.79. The van der Waals surface area contributed by atoms with Crippen LogP contribution in [0.4, 0.5) is 4.39 Å². The summed E-state index contributed by atoms with van der Waals surface area (Å²) in [5.41, 5.74) is 1.13. The Balaban J connectivity index is 0.00000208. The van der Waals surface area contributed by atoms with Crippen LogP contribution in [0.1, 0.15) is 42.3 Å². The van der Waals surface area contributed by atoms with Gasteiger partial charge in [0.1, 0.15) is 5.82 Å². The molecule has 0 aliphatic carbocycles. The molecule has 6 heteroatoms. The molecule has 3 nitrogen and oxygen atoms in total. The minimum Gasteiger partial charge on any atom is -0.314 e. The first-order chi connectivity index (χ1) is 10.9. The lowest BCUT2D eigenvalue weighted by Gasteiger charge is -2.36. The van der Waals surface area contributed by atoms with Gasteiger partial charge < -0.3 is 5.32 Å². The summed E-state index contributed by atoms with van der Waals surface area (Å²) in [6.45, 7) is 10.2. The number of rotatable bonds is 3. The van der Waals surface area contributed by atoms with Gasteiger partial charge in [-0.1, -0.05) is 32.9 Å². The summed E-state index contributed by atoms with van der Waals surface area (Å²) in [4.78, 5) is 8.28. The molecule has 1 aliphatic heterocycles. The SMILES string of the molecule is CC(C)(C)c1ncc(CN2CCNCC2c2cccc(F)c2)s1.Cl. The summed E-state index contributed by atoms with van der Waals surface area (Å²) in [5, 5.41) is 4.59. The Morgan fingerprint density at radius 2 is 2.17 bits per heavy atom. The number of piperazine rings is 1. The van der Waals surface area contributed by atoms with E-state index in [4.69, 9.17) is 0 Å². The third-order valence-corrected chi connectivity index (χ3v) is 5.55. The Morgan fingerprint density at radius 1 is 1.38 bits per heavy atom. The van der Waals surface area contributed by atoms with Gasteiger partial charge in [-0.2, -0.15) is 0 Å². The summed E-state index contributed by atoms with van der Waals surface area (Å²) in [7, 11) is 0.